The van der Waals surface area contributed by atoms with Crippen LogP contribution in [0.25, 0.3) is 0 Å². The van der Waals surface area contributed by atoms with Crippen LogP contribution in [0.15, 0.2) is 12.3 Å². The molecule has 82 valence electrons. The number of aromatic nitrogens is 1. The van der Waals surface area contributed by atoms with Gasteiger partial charge in [-0.2, -0.15) is 5.26 Å². The molecule has 1 aliphatic heterocycles. The quantitative estimate of drug-likeness (QED) is 0.712. The van der Waals surface area contributed by atoms with Gasteiger partial charge >= 0.3 is 6.09 Å². The van der Waals surface area contributed by atoms with Crippen LogP contribution < -0.4 is 0 Å². The van der Waals surface area contributed by atoms with Crippen molar-refractivity contribution in [2.75, 3.05) is 0 Å². The molecule has 0 aliphatic carbocycles. The number of hydrogen-bond acceptors (Lipinski definition) is 3. The molecule has 0 fully saturated rings. The van der Waals surface area contributed by atoms with E-state index in [1.165, 1.54) is 11.1 Å². The summed E-state index contributed by atoms with van der Waals surface area (Å²) in [6, 6.07) is 3.65. The molecular formula is C11H11N3O2. The number of fused-ring (bicyclic) bond motifs is 1. The van der Waals surface area contributed by atoms with E-state index in [0.29, 0.717) is 18.5 Å². The Morgan fingerprint density at radius 1 is 1.75 bits per heavy atom. The number of carbonyl (C=O) groups is 1. The van der Waals surface area contributed by atoms with E-state index in [-0.39, 0.29) is 6.04 Å². The molecule has 1 aliphatic rings. The van der Waals surface area contributed by atoms with Gasteiger partial charge in [-0.15, -0.1) is 0 Å². The monoisotopic (exact) mass is 217 g/mol. The Bertz CT molecular complexity index is 479. The van der Waals surface area contributed by atoms with E-state index < -0.39 is 6.09 Å². The number of carboxylic acid groups (broad SMARTS) is 1. The average Bonchev–Trinajstić information content (AvgIpc) is 2.27. The van der Waals surface area contributed by atoms with Gasteiger partial charge in [0, 0.05) is 24.4 Å². The second-order valence-corrected chi connectivity index (χ2v) is 3.91. The molecule has 5 heteroatoms. The highest BCUT2D eigenvalue weighted by molar-refractivity contribution is 5.66. The Balaban J connectivity index is 2.37. The second kappa shape index (κ2) is 3.81. The zero-order valence-corrected chi connectivity index (χ0v) is 8.84. The van der Waals surface area contributed by atoms with E-state index in [2.05, 4.69) is 4.98 Å². The van der Waals surface area contributed by atoms with Gasteiger partial charge in [0.2, 0.25) is 0 Å². The van der Waals surface area contributed by atoms with Gasteiger partial charge < -0.3 is 10.0 Å². The summed E-state index contributed by atoms with van der Waals surface area (Å²) in [5, 5.41) is 17.7. The van der Waals surface area contributed by atoms with E-state index in [4.69, 9.17) is 10.4 Å². The molecule has 0 spiro atoms. The number of amides is 1. The summed E-state index contributed by atoms with van der Waals surface area (Å²) in [6.45, 7) is 2.17. The fraction of sp³-hybridized carbons (Fsp3) is 0.364. The van der Waals surface area contributed by atoms with Crippen LogP contribution in [0.3, 0.4) is 0 Å². The Morgan fingerprint density at radius 3 is 3.12 bits per heavy atom. The summed E-state index contributed by atoms with van der Waals surface area (Å²) in [5.74, 6) is 0. The summed E-state index contributed by atoms with van der Waals surface area (Å²) in [5.41, 5.74) is 2.20. The fourth-order valence-corrected chi connectivity index (χ4v) is 1.91. The molecular weight excluding hydrogens is 206 g/mol. The van der Waals surface area contributed by atoms with E-state index in [9.17, 15) is 4.79 Å². The van der Waals surface area contributed by atoms with Gasteiger partial charge in [-0.25, -0.2) is 4.79 Å². The third kappa shape index (κ3) is 1.70. The summed E-state index contributed by atoms with van der Waals surface area (Å²) in [4.78, 5) is 16.5. The maximum absolute atomic E-state index is 11.0. The van der Waals surface area contributed by atoms with Crippen LogP contribution in [0.1, 0.15) is 23.7 Å². The van der Waals surface area contributed by atoms with E-state index in [1.54, 1.807) is 6.07 Å². The maximum atomic E-state index is 11.0. The lowest BCUT2D eigenvalue weighted by Gasteiger charge is -2.31. The zero-order chi connectivity index (χ0) is 11.7. The van der Waals surface area contributed by atoms with E-state index in [1.807, 2.05) is 13.0 Å². The maximum Gasteiger partial charge on any atom is 0.407 e. The fourth-order valence-electron chi connectivity index (χ4n) is 1.91. The number of nitriles is 1. The molecule has 2 heterocycles. The standard InChI is InChI=1S/C11H11N3O2/c1-7-2-10-9(6-14(7)11(15)16)3-8(4-12)5-13-10/h3,5,7H,2,6H2,1H3,(H,15,16)/t7-/m1/s1. The third-order valence-electron chi connectivity index (χ3n) is 2.80. The molecule has 2 rings (SSSR count). The predicted octanol–water partition coefficient (Wildman–Crippen LogP) is 1.38. The lowest BCUT2D eigenvalue weighted by atomic mass is 9.99. The highest BCUT2D eigenvalue weighted by atomic mass is 16.4. The number of rotatable bonds is 0. The Hall–Kier alpha value is -2.09. The normalized spacial score (nSPS) is 18.8. The summed E-state index contributed by atoms with van der Waals surface area (Å²) < 4.78 is 0. The van der Waals surface area contributed by atoms with Crippen molar-refractivity contribution in [2.24, 2.45) is 0 Å². The first-order valence-corrected chi connectivity index (χ1v) is 4.99. The van der Waals surface area contributed by atoms with Crippen molar-refractivity contribution in [3.05, 3.63) is 29.1 Å². The molecule has 1 atom stereocenters. The van der Waals surface area contributed by atoms with Crippen molar-refractivity contribution in [3.8, 4) is 6.07 Å². The first kappa shape index (κ1) is 10.4. The van der Waals surface area contributed by atoms with Crippen molar-refractivity contribution in [2.45, 2.75) is 25.9 Å². The highest BCUT2D eigenvalue weighted by Crippen LogP contribution is 2.22. The summed E-state index contributed by atoms with van der Waals surface area (Å²) in [6.07, 6.45) is 1.20. The summed E-state index contributed by atoms with van der Waals surface area (Å²) in [7, 11) is 0. The average molecular weight is 217 g/mol. The lowest BCUT2D eigenvalue weighted by Crippen LogP contribution is -2.42. The van der Waals surface area contributed by atoms with Crippen molar-refractivity contribution in [1.82, 2.24) is 9.88 Å². The molecule has 1 N–H and O–H groups in total. The van der Waals surface area contributed by atoms with Crippen molar-refractivity contribution in [3.63, 3.8) is 0 Å². The van der Waals surface area contributed by atoms with E-state index in [0.717, 1.165) is 11.3 Å². The molecule has 0 radical (unpaired) electrons. The second-order valence-electron chi connectivity index (χ2n) is 3.91. The summed E-state index contributed by atoms with van der Waals surface area (Å²) >= 11 is 0. The topological polar surface area (TPSA) is 77.2 Å². The number of hydrogen-bond donors (Lipinski definition) is 1. The van der Waals surface area contributed by atoms with Crippen molar-refractivity contribution >= 4 is 6.09 Å². The molecule has 0 saturated carbocycles. The number of pyridine rings is 1. The third-order valence-corrected chi connectivity index (χ3v) is 2.80. The first-order valence-electron chi connectivity index (χ1n) is 4.99. The van der Waals surface area contributed by atoms with Crippen molar-refractivity contribution in [1.29, 1.82) is 5.26 Å². The molecule has 0 unspecified atom stereocenters. The number of nitrogens with zero attached hydrogens (tertiary/aromatic N) is 3. The van der Waals surface area contributed by atoms with Crippen LogP contribution >= 0.6 is 0 Å². The highest BCUT2D eigenvalue weighted by Gasteiger charge is 2.27. The Labute approximate surface area is 92.9 Å². The van der Waals surface area contributed by atoms with Gasteiger partial charge in [-0.05, 0) is 18.6 Å². The minimum absolute atomic E-state index is 0.0644. The van der Waals surface area contributed by atoms with Gasteiger partial charge in [0.05, 0.1) is 12.1 Å². The van der Waals surface area contributed by atoms with Crippen molar-refractivity contribution < 1.29 is 9.90 Å². The first-order chi connectivity index (χ1) is 7.61. The SMILES string of the molecule is C[C@@H]1Cc2ncc(C#N)cc2CN1C(=O)O. The van der Waals surface area contributed by atoms with Crippen LogP contribution in [-0.2, 0) is 13.0 Å². The van der Waals surface area contributed by atoms with Gasteiger partial charge in [-0.3, -0.25) is 4.98 Å². The van der Waals surface area contributed by atoms with E-state index >= 15 is 0 Å². The van der Waals surface area contributed by atoms with Crippen LogP contribution in [0.5, 0.6) is 0 Å². The molecule has 0 saturated heterocycles. The zero-order valence-electron chi connectivity index (χ0n) is 8.84. The predicted molar refractivity (Wildman–Crippen MR) is 55.7 cm³/mol. The van der Waals surface area contributed by atoms with Crippen LogP contribution in [0, 0.1) is 11.3 Å². The van der Waals surface area contributed by atoms with Gasteiger partial charge in [-0.1, -0.05) is 0 Å². The minimum Gasteiger partial charge on any atom is -0.465 e. The van der Waals surface area contributed by atoms with Crippen LogP contribution in [0.2, 0.25) is 0 Å². The van der Waals surface area contributed by atoms with Gasteiger partial charge in [0.15, 0.2) is 0 Å². The van der Waals surface area contributed by atoms with Gasteiger partial charge in [0.1, 0.15) is 6.07 Å². The lowest BCUT2D eigenvalue weighted by molar-refractivity contribution is 0.119. The van der Waals surface area contributed by atoms with Crippen LogP contribution in [0.4, 0.5) is 4.79 Å². The molecule has 0 aromatic carbocycles. The molecule has 1 amide bonds. The Kier molecular flexibility index (Phi) is 2.49. The molecule has 1 aromatic heterocycles. The smallest absolute Gasteiger partial charge is 0.407 e. The largest absolute Gasteiger partial charge is 0.465 e. The molecule has 1 aromatic rings. The van der Waals surface area contributed by atoms with Gasteiger partial charge in [0.25, 0.3) is 0 Å². The molecule has 16 heavy (non-hydrogen) atoms. The Morgan fingerprint density at radius 2 is 2.50 bits per heavy atom. The minimum atomic E-state index is -0.930. The molecule has 0 bridgehead atoms. The molecule has 5 nitrogen and oxygen atoms in total. The van der Waals surface area contributed by atoms with Crippen LogP contribution in [-0.4, -0.2) is 27.1 Å².